The van der Waals surface area contributed by atoms with Crippen molar-refractivity contribution in [1.82, 2.24) is 5.32 Å². The van der Waals surface area contributed by atoms with Crippen molar-refractivity contribution in [3.05, 3.63) is 47.2 Å². The van der Waals surface area contributed by atoms with Crippen molar-refractivity contribution in [3.8, 4) is 11.5 Å². The quantitative estimate of drug-likeness (QED) is 0.696. The number of anilines is 1. The lowest BCUT2D eigenvalue weighted by atomic mass is 10.3. The molecular weight excluding hydrogens is 411 g/mol. The number of methoxy groups -OCH3 is 2. The smallest absolute Gasteiger partial charge is 0.264 e. The Kier molecular flexibility index (Phi) is 7.09. The van der Waals surface area contributed by atoms with E-state index >= 15 is 0 Å². The molecule has 1 amide bonds. The van der Waals surface area contributed by atoms with Gasteiger partial charge in [0, 0.05) is 12.6 Å². The lowest BCUT2D eigenvalue weighted by molar-refractivity contribution is -0.119. The van der Waals surface area contributed by atoms with Crippen LogP contribution in [0.2, 0.25) is 5.02 Å². The highest BCUT2D eigenvalue weighted by atomic mass is 35.5. The average molecular weight is 431 g/mol. The Hall–Kier alpha value is -2.52. The zero-order chi connectivity index (χ0) is 20.9. The first-order chi connectivity index (χ1) is 13.2. The van der Waals surface area contributed by atoms with Gasteiger partial charge in [-0.15, -0.1) is 0 Å². The molecule has 2 rings (SSSR count). The van der Waals surface area contributed by atoms with Crippen molar-refractivity contribution < 1.29 is 27.1 Å². The Balaban J connectivity index is 2.57. The van der Waals surface area contributed by atoms with Crippen LogP contribution >= 0.6 is 11.6 Å². The highest BCUT2D eigenvalue weighted by Crippen LogP contribution is 2.33. The third-order valence-corrected chi connectivity index (χ3v) is 5.85. The zero-order valence-corrected chi connectivity index (χ0v) is 17.1. The van der Waals surface area contributed by atoms with Gasteiger partial charge < -0.3 is 14.8 Å². The zero-order valence-electron chi connectivity index (χ0n) is 15.5. The monoisotopic (exact) mass is 430 g/mol. The molecule has 0 saturated heterocycles. The van der Waals surface area contributed by atoms with Gasteiger partial charge in [-0.1, -0.05) is 11.6 Å². The van der Waals surface area contributed by atoms with Crippen molar-refractivity contribution in [2.24, 2.45) is 0 Å². The molecule has 2 aromatic rings. The van der Waals surface area contributed by atoms with Gasteiger partial charge in [-0.2, -0.15) is 0 Å². The Morgan fingerprint density at radius 1 is 1.14 bits per heavy atom. The van der Waals surface area contributed by atoms with E-state index in [1.807, 2.05) is 0 Å². The summed E-state index contributed by atoms with van der Waals surface area (Å²) < 4.78 is 51.2. The van der Waals surface area contributed by atoms with Gasteiger partial charge >= 0.3 is 0 Å². The molecule has 0 atom stereocenters. The Morgan fingerprint density at radius 3 is 2.39 bits per heavy atom. The Morgan fingerprint density at radius 2 is 1.82 bits per heavy atom. The van der Waals surface area contributed by atoms with Gasteiger partial charge in [-0.3, -0.25) is 9.10 Å². The van der Waals surface area contributed by atoms with E-state index in [1.165, 1.54) is 38.5 Å². The molecule has 10 heteroatoms. The van der Waals surface area contributed by atoms with E-state index in [9.17, 15) is 17.6 Å². The van der Waals surface area contributed by atoms with E-state index in [4.69, 9.17) is 21.1 Å². The van der Waals surface area contributed by atoms with E-state index in [-0.39, 0.29) is 21.4 Å². The van der Waals surface area contributed by atoms with Gasteiger partial charge in [0.25, 0.3) is 10.0 Å². The predicted octanol–water partition coefficient (Wildman–Crippen LogP) is 2.83. The summed E-state index contributed by atoms with van der Waals surface area (Å²) in [6.45, 7) is 1.53. The second kappa shape index (κ2) is 9.11. The third-order valence-electron chi connectivity index (χ3n) is 3.80. The number of likely N-dealkylation sites (N-methyl/N-ethyl adjacent to an activating group) is 1. The number of rotatable bonds is 8. The molecular formula is C18H20ClFN2O5S. The Labute approximate surface area is 168 Å². The third kappa shape index (κ3) is 4.66. The minimum Gasteiger partial charge on any atom is -0.493 e. The number of halogens is 2. The summed E-state index contributed by atoms with van der Waals surface area (Å²) in [4.78, 5) is 12.0. The topological polar surface area (TPSA) is 84.9 Å². The van der Waals surface area contributed by atoms with Gasteiger partial charge in [0.1, 0.15) is 12.4 Å². The molecule has 0 heterocycles. The maximum atomic E-state index is 13.5. The van der Waals surface area contributed by atoms with Crippen LogP contribution in [-0.4, -0.2) is 41.6 Å². The minimum absolute atomic E-state index is 0.0486. The Bertz CT molecular complexity index is 968. The van der Waals surface area contributed by atoms with Gasteiger partial charge in [0.2, 0.25) is 5.91 Å². The lowest BCUT2D eigenvalue weighted by Gasteiger charge is -2.24. The van der Waals surface area contributed by atoms with E-state index in [1.54, 1.807) is 6.92 Å². The molecule has 152 valence electrons. The summed E-state index contributed by atoms with van der Waals surface area (Å²) >= 11 is 5.81. The molecule has 0 bridgehead atoms. The molecule has 2 aromatic carbocycles. The van der Waals surface area contributed by atoms with Crippen molar-refractivity contribution in [1.29, 1.82) is 0 Å². The summed E-state index contributed by atoms with van der Waals surface area (Å²) in [7, 11) is -1.40. The molecule has 0 aliphatic heterocycles. The number of benzene rings is 2. The standard InChI is InChI=1S/C18H20ClFN2O5S/c1-4-21-18(23)11-22(12-5-7-15(20)14(19)9-12)28(24,25)13-6-8-16(26-2)17(10-13)27-3/h5-10H,4,11H2,1-3H3,(H,21,23). The molecule has 7 nitrogen and oxygen atoms in total. The van der Waals surface area contributed by atoms with E-state index in [0.29, 0.717) is 12.3 Å². The number of amides is 1. The number of carbonyl (C=O) groups is 1. The normalized spacial score (nSPS) is 11.0. The van der Waals surface area contributed by atoms with Crippen LogP contribution in [0.25, 0.3) is 0 Å². The van der Waals surface area contributed by atoms with Crippen molar-refractivity contribution in [2.75, 3.05) is 31.6 Å². The fourth-order valence-electron chi connectivity index (χ4n) is 2.44. The maximum Gasteiger partial charge on any atom is 0.264 e. The van der Waals surface area contributed by atoms with Crippen molar-refractivity contribution >= 4 is 33.2 Å². The van der Waals surface area contributed by atoms with E-state index < -0.39 is 28.3 Å². The first-order valence-corrected chi connectivity index (χ1v) is 10.0. The molecule has 0 aliphatic carbocycles. The van der Waals surface area contributed by atoms with Gasteiger partial charge in [0.05, 0.1) is 29.8 Å². The first kappa shape index (κ1) is 21.8. The maximum absolute atomic E-state index is 13.5. The number of nitrogens with zero attached hydrogens (tertiary/aromatic N) is 1. The van der Waals surface area contributed by atoms with Gasteiger partial charge in [-0.05, 0) is 37.3 Å². The fraction of sp³-hybridized carbons (Fsp3) is 0.278. The van der Waals surface area contributed by atoms with Crippen LogP contribution < -0.4 is 19.1 Å². The highest BCUT2D eigenvalue weighted by molar-refractivity contribution is 7.92. The number of sulfonamides is 1. The number of hydrogen-bond donors (Lipinski definition) is 1. The summed E-state index contributed by atoms with van der Waals surface area (Å²) in [5, 5.41) is 2.28. The molecule has 0 aliphatic rings. The number of nitrogens with one attached hydrogen (secondary N) is 1. The van der Waals surface area contributed by atoms with Crippen LogP contribution in [0.1, 0.15) is 6.92 Å². The van der Waals surface area contributed by atoms with Crippen LogP contribution in [0.15, 0.2) is 41.3 Å². The molecule has 0 saturated carbocycles. The first-order valence-electron chi connectivity index (χ1n) is 8.21. The van der Waals surface area contributed by atoms with Crippen LogP contribution in [0.5, 0.6) is 11.5 Å². The molecule has 1 N–H and O–H groups in total. The highest BCUT2D eigenvalue weighted by Gasteiger charge is 2.28. The SMILES string of the molecule is CCNC(=O)CN(c1ccc(F)c(Cl)c1)S(=O)(=O)c1ccc(OC)c(OC)c1. The van der Waals surface area contributed by atoms with Gasteiger partial charge in [0.15, 0.2) is 11.5 Å². The molecule has 0 spiro atoms. The molecule has 0 unspecified atom stereocenters. The van der Waals surface area contributed by atoms with Crippen LogP contribution in [0.4, 0.5) is 10.1 Å². The van der Waals surface area contributed by atoms with Crippen LogP contribution in [0, 0.1) is 5.82 Å². The summed E-state index contributed by atoms with van der Waals surface area (Å²) in [5.74, 6) is -0.667. The second-order valence-corrected chi connectivity index (χ2v) is 7.85. The van der Waals surface area contributed by atoms with Crippen LogP contribution in [0.3, 0.4) is 0 Å². The predicted molar refractivity (Wildman–Crippen MR) is 104 cm³/mol. The molecule has 28 heavy (non-hydrogen) atoms. The number of ether oxygens (including phenoxy) is 2. The van der Waals surface area contributed by atoms with Gasteiger partial charge in [-0.25, -0.2) is 12.8 Å². The van der Waals surface area contributed by atoms with Crippen molar-refractivity contribution in [3.63, 3.8) is 0 Å². The summed E-state index contributed by atoms with van der Waals surface area (Å²) in [6, 6.07) is 7.46. The second-order valence-electron chi connectivity index (χ2n) is 5.58. The molecule has 0 radical (unpaired) electrons. The average Bonchev–Trinajstić information content (AvgIpc) is 2.67. The van der Waals surface area contributed by atoms with Crippen molar-refractivity contribution in [2.45, 2.75) is 11.8 Å². The largest absolute Gasteiger partial charge is 0.493 e. The molecule has 0 aromatic heterocycles. The van der Waals surface area contributed by atoms with Crippen LogP contribution in [-0.2, 0) is 14.8 Å². The van der Waals surface area contributed by atoms with E-state index in [0.717, 1.165) is 16.4 Å². The van der Waals surface area contributed by atoms with E-state index in [2.05, 4.69) is 5.32 Å². The summed E-state index contributed by atoms with van der Waals surface area (Å²) in [6.07, 6.45) is 0. The number of hydrogen-bond acceptors (Lipinski definition) is 5. The summed E-state index contributed by atoms with van der Waals surface area (Å²) in [5.41, 5.74) is 0.0486. The molecule has 0 fully saturated rings. The lowest BCUT2D eigenvalue weighted by Crippen LogP contribution is -2.40. The fourth-order valence-corrected chi connectivity index (χ4v) is 4.05. The minimum atomic E-state index is -4.20. The number of carbonyl (C=O) groups excluding carboxylic acids is 1.